The van der Waals surface area contributed by atoms with E-state index in [9.17, 15) is 0 Å². The topological polar surface area (TPSA) is 51.8 Å². The average molecular weight is 818 g/mol. The Morgan fingerprint density at radius 2 is 1.51 bits per heavy atom. The molecule has 0 spiro atoms. The van der Waals surface area contributed by atoms with E-state index < -0.39 is 8.07 Å². The summed E-state index contributed by atoms with van der Waals surface area (Å²) in [4.78, 5) is 14.0. The third kappa shape index (κ3) is 8.17. The fraction of sp³-hybridized carbons (Fsp3) is 0.341. The van der Waals surface area contributed by atoms with Crippen molar-refractivity contribution in [3.63, 3.8) is 0 Å². The summed E-state index contributed by atoms with van der Waals surface area (Å²) in [6, 6.07) is 29.3. The molecule has 0 N–H and O–H groups in total. The summed E-state index contributed by atoms with van der Waals surface area (Å²) < 4.78 is 6.19. The minimum atomic E-state index is -1.34. The molecule has 0 amide bonds. The number of hydrogen-bond acceptors (Lipinski definition) is 4. The van der Waals surface area contributed by atoms with E-state index in [1.54, 1.807) is 0 Å². The standard InChI is InChI=1S/C24H25N2O.C17H22NSi.Ir/c1-14(2)16(5)17-11-12-25-22(13-17)20-8-6-7-18-19-9-10-21(15(3)4)26-24(19)27-23(18)20;1-13(2)15-11-16(14-9-7-6-8-10-14)18-12-17(15)19(3,4)5;/h6-7,9-16H,1-5H3;6-9,11-13H,1-5H3;/q2*-1;. The van der Waals surface area contributed by atoms with E-state index in [1.807, 2.05) is 36.5 Å². The van der Waals surface area contributed by atoms with E-state index in [0.717, 1.165) is 44.6 Å². The monoisotopic (exact) mass is 818 g/mol. The van der Waals surface area contributed by atoms with Crippen LogP contribution in [0, 0.1) is 18.1 Å². The van der Waals surface area contributed by atoms with Gasteiger partial charge in [0.2, 0.25) is 5.71 Å². The van der Waals surface area contributed by atoms with Crippen molar-refractivity contribution in [3.8, 4) is 22.5 Å². The molecular weight excluding hydrogens is 771 g/mol. The number of pyridine rings is 3. The third-order valence-corrected chi connectivity index (χ3v) is 10.9. The molecule has 247 valence electrons. The van der Waals surface area contributed by atoms with E-state index >= 15 is 0 Å². The fourth-order valence-electron chi connectivity index (χ4n) is 5.68. The van der Waals surface area contributed by atoms with E-state index in [-0.39, 0.29) is 20.1 Å². The summed E-state index contributed by atoms with van der Waals surface area (Å²) in [5, 5.41) is 3.57. The van der Waals surface area contributed by atoms with Gasteiger partial charge in [-0.2, -0.15) is 0 Å². The number of aromatic nitrogens is 3. The van der Waals surface area contributed by atoms with Gasteiger partial charge in [0, 0.05) is 43.6 Å². The molecule has 4 aromatic heterocycles. The molecule has 0 aliphatic rings. The quantitative estimate of drug-likeness (QED) is 0.119. The number of fused-ring (bicyclic) bond motifs is 3. The van der Waals surface area contributed by atoms with Crippen LogP contribution in [0.1, 0.15) is 83.0 Å². The first-order valence-corrected chi connectivity index (χ1v) is 20.0. The second-order valence-electron chi connectivity index (χ2n) is 14.3. The molecule has 0 bridgehead atoms. The van der Waals surface area contributed by atoms with Crippen LogP contribution >= 0.6 is 0 Å². The van der Waals surface area contributed by atoms with Crippen LogP contribution < -0.4 is 5.19 Å². The first-order valence-electron chi connectivity index (χ1n) is 16.5. The molecule has 1 radical (unpaired) electrons. The van der Waals surface area contributed by atoms with Gasteiger partial charge in [-0.05, 0) is 58.4 Å². The van der Waals surface area contributed by atoms with Gasteiger partial charge in [0.1, 0.15) is 0 Å². The third-order valence-electron chi connectivity index (χ3n) is 8.83. The molecule has 0 saturated carbocycles. The molecule has 0 saturated heterocycles. The summed E-state index contributed by atoms with van der Waals surface area (Å²) in [6.07, 6.45) is 3.98. The molecule has 1 unspecified atom stereocenters. The van der Waals surface area contributed by atoms with Crippen molar-refractivity contribution in [2.75, 3.05) is 0 Å². The Labute approximate surface area is 295 Å². The summed E-state index contributed by atoms with van der Waals surface area (Å²) in [6.45, 7) is 22.7. The van der Waals surface area contributed by atoms with Gasteiger partial charge in [-0.15, -0.1) is 54.1 Å². The van der Waals surface area contributed by atoms with E-state index in [4.69, 9.17) is 9.40 Å². The maximum atomic E-state index is 6.19. The van der Waals surface area contributed by atoms with Crippen LogP contribution in [0.15, 0.2) is 83.5 Å². The zero-order valence-corrected chi connectivity index (χ0v) is 32.8. The van der Waals surface area contributed by atoms with Gasteiger partial charge in [-0.3, -0.25) is 0 Å². The van der Waals surface area contributed by atoms with Crippen molar-refractivity contribution in [3.05, 3.63) is 108 Å². The second kappa shape index (κ2) is 15.2. The molecule has 6 heteroatoms. The summed E-state index contributed by atoms with van der Waals surface area (Å²) in [7, 11) is -1.34. The van der Waals surface area contributed by atoms with Crippen molar-refractivity contribution >= 4 is 35.3 Å². The smallest absolute Gasteiger partial charge is 0.216 e. The summed E-state index contributed by atoms with van der Waals surface area (Å²) >= 11 is 0. The normalized spacial score (nSPS) is 12.4. The molecule has 6 rings (SSSR count). The number of benzene rings is 2. The van der Waals surface area contributed by atoms with Crippen LogP contribution in [0.25, 0.3) is 44.6 Å². The van der Waals surface area contributed by atoms with Crippen LogP contribution in [-0.2, 0) is 20.1 Å². The predicted octanol–water partition coefficient (Wildman–Crippen LogP) is 10.9. The van der Waals surface area contributed by atoms with Crippen molar-refractivity contribution in [2.24, 2.45) is 5.92 Å². The fourth-order valence-corrected chi connectivity index (χ4v) is 7.35. The Balaban J connectivity index is 0.000000221. The average Bonchev–Trinajstić information content (AvgIpc) is 3.42. The molecule has 4 nitrogen and oxygen atoms in total. The molecule has 4 heterocycles. The molecule has 6 aromatic rings. The first-order chi connectivity index (χ1) is 21.8. The van der Waals surface area contributed by atoms with Crippen molar-refractivity contribution in [2.45, 2.75) is 85.9 Å². The van der Waals surface area contributed by atoms with E-state index in [2.05, 4.69) is 133 Å². The van der Waals surface area contributed by atoms with Gasteiger partial charge in [0.05, 0.1) is 13.7 Å². The zero-order valence-electron chi connectivity index (χ0n) is 29.4. The van der Waals surface area contributed by atoms with Gasteiger partial charge in [-0.1, -0.05) is 102 Å². The summed E-state index contributed by atoms with van der Waals surface area (Å²) in [5.74, 6) is 1.94. The van der Waals surface area contributed by atoms with E-state index in [1.165, 1.54) is 16.3 Å². The zero-order chi connectivity index (χ0) is 33.2. The van der Waals surface area contributed by atoms with Crippen LogP contribution in [0.3, 0.4) is 0 Å². The Kier molecular flexibility index (Phi) is 11.8. The van der Waals surface area contributed by atoms with Gasteiger partial charge >= 0.3 is 0 Å². The molecular formula is C41H47IrN3OSi-2. The SMILES string of the molecule is CC(C)c1cc(-c2[c-]cccc2)ncc1[Si](C)(C)C.CC(C)c1ccc2c(n1)oc1c(-c3cc(C(C)C(C)C)ccn3)[c-]ccc12.[Ir]. The van der Waals surface area contributed by atoms with Crippen LogP contribution in [0.5, 0.6) is 0 Å². The van der Waals surface area contributed by atoms with Crippen molar-refractivity contribution < 1.29 is 24.5 Å². The number of nitrogens with zero attached hydrogens (tertiary/aromatic N) is 3. The minimum absolute atomic E-state index is 0. The van der Waals surface area contributed by atoms with Gasteiger partial charge in [0.25, 0.3) is 0 Å². The maximum Gasteiger partial charge on any atom is 0.216 e. The summed E-state index contributed by atoms with van der Waals surface area (Å²) in [5.41, 5.74) is 9.17. The molecule has 0 aliphatic carbocycles. The Morgan fingerprint density at radius 1 is 0.745 bits per heavy atom. The van der Waals surface area contributed by atoms with Gasteiger partial charge < -0.3 is 14.4 Å². The largest absolute Gasteiger partial charge is 0.486 e. The molecule has 2 aromatic carbocycles. The van der Waals surface area contributed by atoms with Gasteiger partial charge in [-0.25, -0.2) is 4.98 Å². The minimum Gasteiger partial charge on any atom is -0.486 e. The predicted molar refractivity (Wildman–Crippen MR) is 197 cm³/mol. The Morgan fingerprint density at radius 3 is 2.15 bits per heavy atom. The van der Waals surface area contributed by atoms with Crippen LogP contribution in [0.4, 0.5) is 0 Å². The van der Waals surface area contributed by atoms with Crippen molar-refractivity contribution in [1.29, 1.82) is 0 Å². The molecule has 47 heavy (non-hydrogen) atoms. The maximum absolute atomic E-state index is 6.19. The first kappa shape index (κ1) is 36.4. The van der Waals surface area contributed by atoms with E-state index in [0.29, 0.717) is 29.4 Å². The Bertz CT molecular complexity index is 1940. The van der Waals surface area contributed by atoms with Crippen molar-refractivity contribution in [1.82, 2.24) is 15.0 Å². The molecule has 0 fully saturated rings. The van der Waals surface area contributed by atoms with Gasteiger partial charge in [0.15, 0.2) is 0 Å². The number of rotatable bonds is 7. The molecule has 1 atom stereocenters. The molecule has 0 aliphatic heterocycles. The second-order valence-corrected chi connectivity index (χ2v) is 19.3. The van der Waals surface area contributed by atoms with Crippen LogP contribution in [0.2, 0.25) is 19.6 Å². The number of hydrogen-bond donors (Lipinski definition) is 0. The van der Waals surface area contributed by atoms with Crippen LogP contribution in [-0.4, -0.2) is 23.0 Å². The Hall–Kier alpha value is -3.44. The number of furan rings is 1.